The molecule has 0 aliphatic carbocycles. The molecule has 6 heteroatoms. The Morgan fingerprint density at radius 1 is 1.27 bits per heavy atom. The normalized spacial score (nSPS) is 16.5. The molecule has 0 spiro atoms. The fourth-order valence-electron chi connectivity index (χ4n) is 3.24. The SMILES string of the molecule is Cc1cc(C(=O)OCC(=O)NC[C@H]2CCCO2)c(C)n1-c1ccccc1. The molecule has 1 N–H and O–H groups in total. The van der Waals surface area contributed by atoms with Crippen molar-refractivity contribution in [1.82, 2.24) is 9.88 Å². The van der Waals surface area contributed by atoms with E-state index in [1.54, 1.807) is 6.07 Å². The average molecular weight is 356 g/mol. The third-order valence-corrected chi connectivity index (χ3v) is 4.55. The largest absolute Gasteiger partial charge is 0.452 e. The van der Waals surface area contributed by atoms with Crippen LogP contribution in [-0.4, -0.2) is 42.3 Å². The number of carbonyl (C=O) groups is 2. The zero-order valence-corrected chi connectivity index (χ0v) is 15.2. The summed E-state index contributed by atoms with van der Waals surface area (Å²) in [5.74, 6) is -0.807. The van der Waals surface area contributed by atoms with Crippen LogP contribution in [0.2, 0.25) is 0 Å². The Hall–Kier alpha value is -2.60. The molecule has 1 saturated heterocycles. The average Bonchev–Trinajstić information content (AvgIpc) is 3.26. The summed E-state index contributed by atoms with van der Waals surface area (Å²) in [6, 6.07) is 11.6. The van der Waals surface area contributed by atoms with Crippen LogP contribution in [-0.2, 0) is 14.3 Å². The van der Waals surface area contributed by atoms with Crippen molar-refractivity contribution in [1.29, 1.82) is 0 Å². The highest BCUT2D eigenvalue weighted by Crippen LogP contribution is 2.21. The summed E-state index contributed by atoms with van der Waals surface area (Å²) in [4.78, 5) is 24.3. The van der Waals surface area contributed by atoms with Gasteiger partial charge in [0.05, 0.1) is 11.7 Å². The number of carbonyl (C=O) groups excluding carboxylic acids is 2. The first-order valence-electron chi connectivity index (χ1n) is 8.86. The molecule has 2 aromatic rings. The van der Waals surface area contributed by atoms with Crippen LogP contribution in [0.5, 0.6) is 0 Å². The van der Waals surface area contributed by atoms with E-state index in [4.69, 9.17) is 9.47 Å². The smallest absolute Gasteiger partial charge is 0.340 e. The van der Waals surface area contributed by atoms with Gasteiger partial charge < -0.3 is 19.4 Å². The molecule has 0 unspecified atom stereocenters. The summed E-state index contributed by atoms with van der Waals surface area (Å²) >= 11 is 0. The maximum Gasteiger partial charge on any atom is 0.340 e. The third-order valence-electron chi connectivity index (χ3n) is 4.55. The van der Waals surface area contributed by atoms with Gasteiger partial charge in [0.2, 0.25) is 0 Å². The number of benzene rings is 1. The number of nitrogens with zero attached hydrogens (tertiary/aromatic N) is 1. The van der Waals surface area contributed by atoms with E-state index in [2.05, 4.69) is 5.32 Å². The Labute approximate surface area is 153 Å². The molecule has 26 heavy (non-hydrogen) atoms. The molecule has 0 radical (unpaired) electrons. The Bertz CT molecular complexity index is 777. The Morgan fingerprint density at radius 2 is 2.04 bits per heavy atom. The van der Waals surface area contributed by atoms with E-state index in [0.717, 1.165) is 36.5 Å². The second kappa shape index (κ2) is 8.19. The summed E-state index contributed by atoms with van der Waals surface area (Å²) in [5.41, 5.74) is 3.18. The van der Waals surface area contributed by atoms with E-state index in [-0.39, 0.29) is 18.6 Å². The molecule has 1 atom stereocenters. The van der Waals surface area contributed by atoms with Gasteiger partial charge in [-0.2, -0.15) is 0 Å². The third kappa shape index (κ3) is 4.14. The van der Waals surface area contributed by atoms with Gasteiger partial charge in [-0.05, 0) is 44.9 Å². The standard InChI is InChI=1S/C20H24N2O4/c1-14-11-18(15(2)22(14)16-7-4-3-5-8-16)20(24)26-13-19(23)21-12-17-9-6-10-25-17/h3-5,7-8,11,17H,6,9-10,12-13H2,1-2H3,(H,21,23)/t17-/m1/s1. The first kappa shape index (κ1) is 18.2. The molecule has 2 heterocycles. The molecular formula is C20H24N2O4. The summed E-state index contributed by atoms with van der Waals surface area (Å²) in [7, 11) is 0. The van der Waals surface area contributed by atoms with Gasteiger partial charge in [0, 0.05) is 30.2 Å². The van der Waals surface area contributed by atoms with E-state index in [9.17, 15) is 9.59 Å². The molecule has 1 amide bonds. The van der Waals surface area contributed by atoms with Gasteiger partial charge in [-0.25, -0.2) is 4.79 Å². The second-order valence-corrected chi connectivity index (χ2v) is 6.47. The molecule has 0 saturated carbocycles. The quantitative estimate of drug-likeness (QED) is 0.808. The van der Waals surface area contributed by atoms with E-state index >= 15 is 0 Å². The number of ether oxygens (including phenoxy) is 2. The number of esters is 1. The number of hydrogen-bond acceptors (Lipinski definition) is 4. The lowest BCUT2D eigenvalue weighted by Gasteiger charge is -2.11. The first-order chi connectivity index (χ1) is 12.6. The first-order valence-corrected chi connectivity index (χ1v) is 8.86. The lowest BCUT2D eigenvalue weighted by Crippen LogP contribution is -2.34. The van der Waals surface area contributed by atoms with Crippen molar-refractivity contribution < 1.29 is 19.1 Å². The predicted molar refractivity (Wildman–Crippen MR) is 97.5 cm³/mol. The van der Waals surface area contributed by atoms with Gasteiger partial charge in [-0.15, -0.1) is 0 Å². The Kier molecular flexibility index (Phi) is 5.73. The van der Waals surface area contributed by atoms with E-state index in [0.29, 0.717) is 12.1 Å². The number of aryl methyl sites for hydroxylation is 1. The fraction of sp³-hybridized carbons (Fsp3) is 0.400. The lowest BCUT2D eigenvalue weighted by atomic mass is 10.2. The Morgan fingerprint density at radius 3 is 2.73 bits per heavy atom. The maximum atomic E-state index is 12.4. The van der Waals surface area contributed by atoms with Gasteiger partial charge in [0.1, 0.15) is 0 Å². The van der Waals surface area contributed by atoms with Crippen LogP contribution < -0.4 is 5.32 Å². The second-order valence-electron chi connectivity index (χ2n) is 6.47. The zero-order chi connectivity index (χ0) is 18.5. The minimum Gasteiger partial charge on any atom is -0.452 e. The van der Waals surface area contributed by atoms with Crippen molar-refractivity contribution >= 4 is 11.9 Å². The molecule has 6 nitrogen and oxygen atoms in total. The molecule has 1 fully saturated rings. The fourth-order valence-corrected chi connectivity index (χ4v) is 3.24. The van der Waals surface area contributed by atoms with Crippen molar-refractivity contribution in [3.8, 4) is 5.69 Å². The minimum absolute atomic E-state index is 0.0689. The molecular weight excluding hydrogens is 332 g/mol. The van der Waals surface area contributed by atoms with Crippen LogP contribution in [0.3, 0.4) is 0 Å². The van der Waals surface area contributed by atoms with Crippen molar-refractivity contribution in [3.05, 3.63) is 53.3 Å². The van der Waals surface area contributed by atoms with Gasteiger partial charge in [-0.3, -0.25) is 4.79 Å². The van der Waals surface area contributed by atoms with Crippen molar-refractivity contribution in [2.24, 2.45) is 0 Å². The lowest BCUT2D eigenvalue weighted by molar-refractivity contribution is -0.124. The highest BCUT2D eigenvalue weighted by Gasteiger charge is 2.20. The topological polar surface area (TPSA) is 69.6 Å². The molecule has 0 bridgehead atoms. The van der Waals surface area contributed by atoms with Crippen LogP contribution in [0.4, 0.5) is 0 Å². The van der Waals surface area contributed by atoms with Crippen LogP contribution >= 0.6 is 0 Å². The maximum absolute atomic E-state index is 12.4. The van der Waals surface area contributed by atoms with Crippen LogP contribution in [0.1, 0.15) is 34.6 Å². The highest BCUT2D eigenvalue weighted by molar-refractivity contribution is 5.93. The minimum atomic E-state index is -0.493. The summed E-state index contributed by atoms with van der Waals surface area (Å²) in [6.07, 6.45) is 2.04. The van der Waals surface area contributed by atoms with Crippen molar-refractivity contribution in [2.45, 2.75) is 32.8 Å². The summed E-state index contributed by atoms with van der Waals surface area (Å²) in [5, 5.41) is 2.74. The Balaban J connectivity index is 1.59. The van der Waals surface area contributed by atoms with Gasteiger partial charge in [0.15, 0.2) is 6.61 Å². The van der Waals surface area contributed by atoms with Crippen molar-refractivity contribution in [2.75, 3.05) is 19.8 Å². The summed E-state index contributed by atoms with van der Waals surface area (Å²) in [6.45, 7) is 4.71. The van der Waals surface area contributed by atoms with E-state index < -0.39 is 5.97 Å². The van der Waals surface area contributed by atoms with Gasteiger partial charge >= 0.3 is 5.97 Å². The number of para-hydroxylation sites is 1. The molecule has 3 rings (SSSR count). The predicted octanol–water partition coefficient (Wildman–Crippen LogP) is 2.55. The summed E-state index contributed by atoms with van der Waals surface area (Å²) < 4.78 is 12.6. The van der Waals surface area contributed by atoms with Crippen LogP contribution in [0.15, 0.2) is 36.4 Å². The number of hydrogen-bond donors (Lipinski definition) is 1. The number of aromatic nitrogens is 1. The number of rotatable bonds is 6. The van der Waals surface area contributed by atoms with E-state index in [1.165, 1.54) is 0 Å². The monoisotopic (exact) mass is 356 g/mol. The number of amides is 1. The van der Waals surface area contributed by atoms with Crippen molar-refractivity contribution in [3.63, 3.8) is 0 Å². The molecule has 1 aliphatic heterocycles. The number of nitrogens with one attached hydrogen (secondary N) is 1. The van der Waals surface area contributed by atoms with Crippen LogP contribution in [0, 0.1) is 13.8 Å². The van der Waals surface area contributed by atoms with Gasteiger partial charge in [-0.1, -0.05) is 18.2 Å². The zero-order valence-electron chi connectivity index (χ0n) is 15.2. The van der Waals surface area contributed by atoms with Crippen LogP contribution in [0.25, 0.3) is 5.69 Å². The highest BCUT2D eigenvalue weighted by atomic mass is 16.5. The molecule has 1 aromatic heterocycles. The molecule has 138 valence electrons. The van der Waals surface area contributed by atoms with E-state index in [1.807, 2.05) is 48.7 Å². The molecule has 1 aliphatic rings. The molecule has 1 aromatic carbocycles. The van der Waals surface area contributed by atoms with Gasteiger partial charge in [0.25, 0.3) is 5.91 Å².